The summed E-state index contributed by atoms with van der Waals surface area (Å²) in [4.78, 5) is 12.5. The van der Waals surface area contributed by atoms with E-state index in [1.807, 2.05) is 0 Å². The van der Waals surface area contributed by atoms with Crippen LogP contribution in [0, 0.1) is 11.7 Å². The van der Waals surface area contributed by atoms with Crippen molar-refractivity contribution >= 4 is 17.7 Å². The van der Waals surface area contributed by atoms with Gasteiger partial charge in [0.05, 0.1) is 0 Å². The normalized spacial score (nSPS) is 21.9. The van der Waals surface area contributed by atoms with E-state index in [0.717, 1.165) is 19.3 Å². The summed E-state index contributed by atoms with van der Waals surface area (Å²) in [5, 5.41) is 3.05. The van der Waals surface area contributed by atoms with Crippen LogP contribution in [0.3, 0.4) is 0 Å². The predicted octanol–water partition coefficient (Wildman–Crippen LogP) is 2.55. The minimum atomic E-state index is -0.225. The number of nitrogens with one attached hydrogen (secondary N) is 1. The van der Waals surface area contributed by atoms with E-state index in [1.54, 1.807) is 18.2 Å². The highest BCUT2D eigenvalue weighted by atomic mass is 32.2. The van der Waals surface area contributed by atoms with E-state index >= 15 is 0 Å². The van der Waals surface area contributed by atoms with Crippen LogP contribution in [0.5, 0.6) is 0 Å². The monoisotopic (exact) mass is 296 g/mol. The number of carbonyl (C=O) groups is 1. The largest absolute Gasteiger partial charge is 0.353 e. The zero-order valence-corrected chi connectivity index (χ0v) is 12.3. The van der Waals surface area contributed by atoms with E-state index < -0.39 is 0 Å². The quantitative estimate of drug-likeness (QED) is 0.793. The molecule has 3 nitrogen and oxygen atoms in total. The molecule has 0 saturated heterocycles. The molecule has 110 valence electrons. The van der Waals surface area contributed by atoms with Gasteiger partial charge in [-0.3, -0.25) is 4.79 Å². The lowest BCUT2D eigenvalue weighted by Crippen LogP contribution is -2.39. The Balaban J connectivity index is 1.72. The Bertz CT molecular complexity index is 455. The van der Waals surface area contributed by atoms with E-state index in [1.165, 1.54) is 17.8 Å². The zero-order chi connectivity index (χ0) is 14.4. The van der Waals surface area contributed by atoms with Crippen molar-refractivity contribution in [3.05, 3.63) is 30.1 Å². The van der Waals surface area contributed by atoms with Crippen LogP contribution in [0.15, 0.2) is 29.2 Å². The maximum absolute atomic E-state index is 13.4. The third kappa shape index (κ3) is 4.21. The Morgan fingerprint density at radius 1 is 1.40 bits per heavy atom. The van der Waals surface area contributed by atoms with E-state index in [4.69, 9.17) is 5.73 Å². The van der Waals surface area contributed by atoms with E-state index in [9.17, 15) is 9.18 Å². The van der Waals surface area contributed by atoms with Gasteiger partial charge in [-0.05, 0) is 37.4 Å². The highest BCUT2D eigenvalue weighted by Crippen LogP contribution is 2.25. The van der Waals surface area contributed by atoms with Crippen molar-refractivity contribution in [1.29, 1.82) is 0 Å². The lowest BCUT2D eigenvalue weighted by Gasteiger charge is -2.19. The Labute approximate surface area is 123 Å². The van der Waals surface area contributed by atoms with Gasteiger partial charge >= 0.3 is 0 Å². The summed E-state index contributed by atoms with van der Waals surface area (Å²) in [6.07, 6.45) is 3.67. The highest BCUT2D eigenvalue weighted by molar-refractivity contribution is 7.99. The number of hydrogen-bond acceptors (Lipinski definition) is 3. The molecule has 1 aliphatic rings. The molecule has 1 fully saturated rings. The summed E-state index contributed by atoms with van der Waals surface area (Å²) in [5.41, 5.74) is 5.70. The lowest BCUT2D eigenvalue weighted by molar-refractivity contribution is -0.121. The second-order valence-corrected chi connectivity index (χ2v) is 6.27. The summed E-state index contributed by atoms with van der Waals surface area (Å²) in [7, 11) is 0. The van der Waals surface area contributed by atoms with Gasteiger partial charge in [0.1, 0.15) is 5.82 Å². The number of hydrogen-bond donors (Lipinski definition) is 2. The van der Waals surface area contributed by atoms with Gasteiger partial charge in [-0.2, -0.15) is 0 Å². The number of halogens is 1. The molecule has 0 heterocycles. The molecule has 20 heavy (non-hydrogen) atoms. The molecule has 0 aromatic heterocycles. The van der Waals surface area contributed by atoms with Crippen LogP contribution in [-0.4, -0.2) is 24.2 Å². The van der Waals surface area contributed by atoms with Crippen molar-refractivity contribution in [2.24, 2.45) is 11.7 Å². The van der Waals surface area contributed by atoms with Crippen LogP contribution in [0.2, 0.25) is 0 Å². The Kier molecular flexibility index (Phi) is 5.86. The molecule has 0 aliphatic heterocycles. The Morgan fingerprint density at radius 3 is 2.95 bits per heavy atom. The fraction of sp³-hybridized carbons (Fsp3) is 0.533. The smallest absolute Gasteiger partial charge is 0.221 e. The summed E-state index contributed by atoms with van der Waals surface area (Å²) < 4.78 is 13.4. The first-order valence-corrected chi connectivity index (χ1v) is 8.06. The van der Waals surface area contributed by atoms with E-state index in [-0.39, 0.29) is 17.8 Å². The van der Waals surface area contributed by atoms with Crippen molar-refractivity contribution in [3.8, 4) is 0 Å². The number of benzene rings is 1. The first-order chi connectivity index (χ1) is 9.70. The second-order valence-electron chi connectivity index (χ2n) is 5.13. The molecule has 3 N–H and O–H groups in total. The molecular weight excluding hydrogens is 275 g/mol. The van der Waals surface area contributed by atoms with Crippen molar-refractivity contribution in [3.63, 3.8) is 0 Å². The van der Waals surface area contributed by atoms with Crippen LogP contribution in [0.4, 0.5) is 4.39 Å². The van der Waals surface area contributed by atoms with E-state index in [0.29, 0.717) is 29.5 Å². The van der Waals surface area contributed by atoms with Gasteiger partial charge < -0.3 is 11.1 Å². The molecule has 0 spiro atoms. The fourth-order valence-electron chi connectivity index (χ4n) is 2.60. The maximum Gasteiger partial charge on any atom is 0.221 e. The topological polar surface area (TPSA) is 55.1 Å². The first kappa shape index (κ1) is 15.3. The van der Waals surface area contributed by atoms with Crippen molar-refractivity contribution < 1.29 is 9.18 Å². The molecule has 2 unspecified atom stereocenters. The van der Waals surface area contributed by atoms with Crippen LogP contribution in [-0.2, 0) is 4.79 Å². The van der Waals surface area contributed by atoms with Crippen LogP contribution in [0.25, 0.3) is 0 Å². The molecule has 5 heteroatoms. The van der Waals surface area contributed by atoms with Gasteiger partial charge in [-0.15, -0.1) is 11.8 Å². The summed E-state index contributed by atoms with van der Waals surface area (Å²) in [6, 6.07) is 6.87. The lowest BCUT2D eigenvalue weighted by atomic mass is 10.0. The second kappa shape index (κ2) is 7.64. The average molecular weight is 296 g/mol. The number of thioether (sulfide) groups is 1. The maximum atomic E-state index is 13.4. The number of rotatable bonds is 6. The standard InChI is InChI=1S/C15H21FN2OS/c16-12-5-1-2-7-14(12)20-9-8-15(19)18-13-6-3-4-11(13)10-17/h1-2,5,7,11,13H,3-4,6,8-10,17H2,(H,18,19). The molecular formula is C15H21FN2OS. The minimum absolute atomic E-state index is 0.0409. The van der Waals surface area contributed by atoms with Gasteiger partial charge in [-0.1, -0.05) is 18.6 Å². The van der Waals surface area contributed by atoms with E-state index in [2.05, 4.69) is 5.32 Å². The summed E-state index contributed by atoms with van der Waals surface area (Å²) >= 11 is 1.38. The molecule has 0 bridgehead atoms. The Morgan fingerprint density at radius 2 is 2.20 bits per heavy atom. The molecule has 1 aromatic rings. The van der Waals surface area contributed by atoms with Gasteiger partial charge in [0.15, 0.2) is 0 Å². The molecule has 1 amide bonds. The number of carbonyl (C=O) groups excluding carboxylic acids is 1. The molecule has 0 radical (unpaired) electrons. The fourth-order valence-corrected chi connectivity index (χ4v) is 3.49. The average Bonchev–Trinajstić information content (AvgIpc) is 2.88. The molecule has 2 rings (SSSR count). The summed E-state index contributed by atoms with van der Waals surface area (Å²) in [6.45, 7) is 0.634. The van der Waals surface area contributed by atoms with Crippen molar-refractivity contribution in [2.75, 3.05) is 12.3 Å². The van der Waals surface area contributed by atoms with Crippen molar-refractivity contribution in [1.82, 2.24) is 5.32 Å². The molecule has 1 saturated carbocycles. The molecule has 2 atom stereocenters. The molecule has 1 aromatic carbocycles. The first-order valence-electron chi connectivity index (χ1n) is 7.07. The highest BCUT2D eigenvalue weighted by Gasteiger charge is 2.26. The Hall–Kier alpha value is -1.07. The number of nitrogens with two attached hydrogens (primary N) is 1. The van der Waals surface area contributed by atoms with Gasteiger partial charge in [0.2, 0.25) is 5.91 Å². The number of amides is 1. The van der Waals surface area contributed by atoms with Crippen LogP contribution in [0.1, 0.15) is 25.7 Å². The SMILES string of the molecule is NCC1CCCC1NC(=O)CCSc1ccccc1F. The predicted molar refractivity (Wildman–Crippen MR) is 80.1 cm³/mol. The van der Waals surface area contributed by atoms with Crippen LogP contribution >= 0.6 is 11.8 Å². The third-order valence-corrected chi connectivity index (χ3v) is 4.78. The summed E-state index contributed by atoms with van der Waals surface area (Å²) in [5.74, 6) is 0.821. The van der Waals surface area contributed by atoms with Gasteiger partial charge in [0.25, 0.3) is 0 Å². The molecule has 1 aliphatic carbocycles. The third-order valence-electron chi connectivity index (χ3n) is 3.73. The van der Waals surface area contributed by atoms with Gasteiger partial charge in [-0.25, -0.2) is 4.39 Å². The van der Waals surface area contributed by atoms with Gasteiger partial charge in [0, 0.05) is 23.1 Å². The minimum Gasteiger partial charge on any atom is -0.353 e. The van der Waals surface area contributed by atoms with Crippen LogP contribution < -0.4 is 11.1 Å². The zero-order valence-electron chi connectivity index (χ0n) is 11.5. The van der Waals surface area contributed by atoms with Crippen molar-refractivity contribution in [2.45, 2.75) is 36.6 Å².